The smallest absolute Gasteiger partial charge is 0.339 e. The molecule has 114 valence electrons. The first-order valence-corrected chi connectivity index (χ1v) is 7.29. The van der Waals surface area contributed by atoms with Gasteiger partial charge in [0, 0.05) is 6.54 Å². The lowest BCUT2D eigenvalue weighted by atomic mass is 10.1. The molecule has 0 aliphatic rings. The number of aryl methyl sites for hydroxylation is 1. The van der Waals surface area contributed by atoms with Crippen LogP contribution in [0.2, 0.25) is 0 Å². The van der Waals surface area contributed by atoms with Crippen molar-refractivity contribution in [1.29, 1.82) is 0 Å². The number of esters is 1. The summed E-state index contributed by atoms with van der Waals surface area (Å²) in [5.74, 6) is -0.678. The third-order valence-corrected chi connectivity index (χ3v) is 4.02. The van der Waals surface area contributed by atoms with Crippen LogP contribution in [-0.4, -0.2) is 34.6 Å². The van der Waals surface area contributed by atoms with Crippen molar-refractivity contribution in [2.75, 3.05) is 20.2 Å². The fraction of sp³-hybridized carbons (Fsp3) is 0.417. The number of rotatable bonds is 6. The fourth-order valence-corrected chi connectivity index (χ4v) is 2.78. The van der Waals surface area contributed by atoms with Gasteiger partial charge in [-0.15, -0.1) is 12.4 Å². The maximum absolute atomic E-state index is 12.1. The topological polar surface area (TPSA) is 98.5 Å². The first kappa shape index (κ1) is 18.9. The van der Waals surface area contributed by atoms with Crippen LogP contribution < -0.4 is 10.5 Å². The van der Waals surface area contributed by atoms with Crippen LogP contribution in [0.25, 0.3) is 0 Å². The zero-order chi connectivity index (χ0) is 14.5. The maximum atomic E-state index is 12.1. The predicted molar refractivity (Wildman–Crippen MR) is 78.6 cm³/mol. The van der Waals surface area contributed by atoms with Crippen LogP contribution in [0.15, 0.2) is 23.1 Å². The van der Waals surface area contributed by atoms with E-state index in [2.05, 4.69) is 9.46 Å². The molecule has 0 saturated heterocycles. The number of halogens is 1. The number of ether oxygens (including phenoxy) is 1. The Morgan fingerprint density at radius 2 is 2.05 bits per heavy atom. The van der Waals surface area contributed by atoms with E-state index in [0.29, 0.717) is 13.0 Å². The van der Waals surface area contributed by atoms with Gasteiger partial charge in [0.1, 0.15) is 0 Å². The molecule has 0 atom stereocenters. The zero-order valence-corrected chi connectivity index (χ0v) is 13.0. The first-order chi connectivity index (χ1) is 8.92. The summed E-state index contributed by atoms with van der Waals surface area (Å²) in [6, 6.07) is 4.51. The summed E-state index contributed by atoms with van der Waals surface area (Å²) in [4.78, 5) is 11.5. The van der Waals surface area contributed by atoms with Crippen molar-refractivity contribution in [3.63, 3.8) is 0 Å². The van der Waals surface area contributed by atoms with Gasteiger partial charge in [-0.3, -0.25) is 0 Å². The van der Waals surface area contributed by atoms with Crippen LogP contribution in [0.5, 0.6) is 0 Å². The van der Waals surface area contributed by atoms with Crippen LogP contribution in [-0.2, 0) is 14.8 Å². The van der Waals surface area contributed by atoms with Gasteiger partial charge in [-0.05, 0) is 32.0 Å². The number of carbonyl (C=O) groups is 1. The number of methoxy groups -OCH3 is 1. The Kier molecular flexibility index (Phi) is 7.74. The Balaban J connectivity index is 0.00000361. The molecule has 1 aromatic carbocycles. The van der Waals surface area contributed by atoms with E-state index in [9.17, 15) is 13.2 Å². The SMILES string of the molecule is COC(=O)c1cc(C)ccc1S(=O)(=O)NCCCN.Cl. The maximum Gasteiger partial charge on any atom is 0.339 e. The molecular weight excluding hydrogens is 304 g/mol. The number of carbonyl (C=O) groups excluding carboxylic acids is 1. The Morgan fingerprint density at radius 3 is 2.60 bits per heavy atom. The molecule has 6 nitrogen and oxygen atoms in total. The largest absolute Gasteiger partial charge is 0.465 e. The summed E-state index contributed by atoms with van der Waals surface area (Å²) in [6.07, 6.45) is 0.526. The van der Waals surface area contributed by atoms with Crippen LogP contribution in [0.4, 0.5) is 0 Å². The molecule has 0 heterocycles. The Morgan fingerprint density at radius 1 is 1.40 bits per heavy atom. The van der Waals surface area contributed by atoms with Gasteiger partial charge in [-0.25, -0.2) is 17.9 Å². The van der Waals surface area contributed by atoms with E-state index < -0.39 is 16.0 Å². The van der Waals surface area contributed by atoms with E-state index in [1.54, 1.807) is 13.0 Å². The molecule has 0 amide bonds. The summed E-state index contributed by atoms with van der Waals surface area (Å²) in [5, 5.41) is 0. The van der Waals surface area contributed by atoms with Crippen LogP contribution >= 0.6 is 12.4 Å². The quantitative estimate of drug-likeness (QED) is 0.597. The predicted octanol–water partition coefficient (Wildman–Crippen LogP) is 0.831. The minimum atomic E-state index is -3.74. The van der Waals surface area contributed by atoms with Crippen molar-refractivity contribution in [1.82, 2.24) is 4.72 Å². The Hall–Kier alpha value is -1.15. The van der Waals surface area contributed by atoms with Gasteiger partial charge in [0.05, 0.1) is 17.6 Å². The number of hydrogen-bond donors (Lipinski definition) is 2. The second-order valence-corrected chi connectivity index (χ2v) is 5.77. The van der Waals surface area contributed by atoms with Crippen molar-refractivity contribution in [2.45, 2.75) is 18.2 Å². The summed E-state index contributed by atoms with van der Waals surface area (Å²) in [6.45, 7) is 2.39. The third-order valence-electron chi connectivity index (χ3n) is 2.50. The average molecular weight is 323 g/mol. The molecule has 0 radical (unpaired) electrons. The average Bonchev–Trinajstić information content (AvgIpc) is 2.37. The standard InChI is InChI=1S/C12H18N2O4S.ClH/c1-9-4-5-11(10(8-9)12(15)18-2)19(16,17)14-7-3-6-13;/h4-5,8,14H,3,6-7,13H2,1-2H3;1H. The highest BCUT2D eigenvalue weighted by molar-refractivity contribution is 7.89. The van der Waals surface area contributed by atoms with Crippen molar-refractivity contribution < 1.29 is 17.9 Å². The minimum Gasteiger partial charge on any atom is -0.465 e. The molecule has 0 aliphatic heterocycles. The van der Waals surface area contributed by atoms with Crippen molar-refractivity contribution in [3.8, 4) is 0 Å². The van der Waals surface area contributed by atoms with Crippen molar-refractivity contribution in [3.05, 3.63) is 29.3 Å². The monoisotopic (exact) mass is 322 g/mol. The summed E-state index contributed by atoms with van der Waals surface area (Å²) >= 11 is 0. The molecule has 0 saturated carbocycles. The number of hydrogen-bond acceptors (Lipinski definition) is 5. The van der Waals surface area contributed by atoms with Crippen LogP contribution in [0, 0.1) is 6.92 Å². The molecule has 3 N–H and O–H groups in total. The highest BCUT2D eigenvalue weighted by Gasteiger charge is 2.22. The molecule has 0 bridgehead atoms. The molecule has 1 rings (SSSR count). The van der Waals surface area contributed by atoms with E-state index in [4.69, 9.17) is 5.73 Å². The van der Waals surface area contributed by atoms with Crippen LogP contribution in [0.1, 0.15) is 22.3 Å². The number of nitrogens with two attached hydrogens (primary N) is 1. The van der Waals surface area contributed by atoms with E-state index >= 15 is 0 Å². The van der Waals surface area contributed by atoms with E-state index in [0.717, 1.165) is 5.56 Å². The lowest BCUT2D eigenvalue weighted by molar-refractivity contribution is 0.0596. The second-order valence-electron chi connectivity index (χ2n) is 4.03. The molecule has 8 heteroatoms. The van der Waals surface area contributed by atoms with Gasteiger partial charge >= 0.3 is 5.97 Å². The summed E-state index contributed by atoms with van der Waals surface area (Å²) in [7, 11) is -2.53. The van der Waals surface area contributed by atoms with E-state index in [1.165, 1.54) is 19.2 Å². The number of sulfonamides is 1. The summed E-state index contributed by atoms with van der Waals surface area (Å²) < 4.78 is 31.2. The lowest BCUT2D eigenvalue weighted by Crippen LogP contribution is -2.28. The zero-order valence-electron chi connectivity index (χ0n) is 11.4. The fourth-order valence-electron chi connectivity index (χ4n) is 1.53. The molecule has 0 unspecified atom stereocenters. The lowest BCUT2D eigenvalue weighted by Gasteiger charge is -2.10. The second kappa shape index (κ2) is 8.21. The molecule has 0 aliphatic carbocycles. The van der Waals surface area contributed by atoms with E-state index in [-0.39, 0.29) is 29.4 Å². The molecular formula is C12H19ClN2O4S. The first-order valence-electron chi connectivity index (χ1n) is 5.81. The van der Waals surface area contributed by atoms with Gasteiger partial charge < -0.3 is 10.5 Å². The van der Waals surface area contributed by atoms with Gasteiger partial charge in [0.15, 0.2) is 0 Å². The van der Waals surface area contributed by atoms with Gasteiger partial charge in [-0.1, -0.05) is 11.6 Å². The van der Waals surface area contributed by atoms with Crippen LogP contribution in [0.3, 0.4) is 0 Å². The molecule has 1 aromatic rings. The Labute approximate surface area is 125 Å². The summed E-state index contributed by atoms with van der Waals surface area (Å²) in [5.41, 5.74) is 6.12. The van der Waals surface area contributed by atoms with Crippen molar-refractivity contribution in [2.24, 2.45) is 5.73 Å². The van der Waals surface area contributed by atoms with Gasteiger partial charge in [0.25, 0.3) is 0 Å². The minimum absolute atomic E-state index is 0. The highest BCUT2D eigenvalue weighted by Crippen LogP contribution is 2.18. The van der Waals surface area contributed by atoms with Crippen molar-refractivity contribution >= 4 is 28.4 Å². The third kappa shape index (κ3) is 4.75. The van der Waals surface area contributed by atoms with Gasteiger partial charge in [-0.2, -0.15) is 0 Å². The van der Waals surface area contributed by atoms with Gasteiger partial charge in [0.2, 0.25) is 10.0 Å². The molecule has 0 fully saturated rings. The number of benzene rings is 1. The molecule has 0 aromatic heterocycles. The number of nitrogens with one attached hydrogen (secondary N) is 1. The molecule has 20 heavy (non-hydrogen) atoms. The highest BCUT2D eigenvalue weighted by atomic mass is 35.5. The van der Waals surface area contributed by atoms with E-state index in [1.807, 2.05) is 0 Å². The normalized spacial score (nSPS) is 10.8. The Bertz CT molecular complexity index is 561. The molecule has 0 spiro atoms.